The average Bonchev–Trinajstić information content (AvgIpc) is 2.38. The van der Waals surface area contributed by atoms with Crippen molar-refractivity contribution in [2.45, 2.75) is 6.92 Å². The van der Waals surface area contributed by atoms with Crippen molar-refractivity contribution in [1.82, 2.24) is 0 Å². The Bertz CT molecular complexity index is 560. The second-order valence-corrected chi connectivity index (χ2v) is 3.77. The number of hydrogen-bond acceptors (Lipinski definition) is 2. The van der Waals surface area contributed by atoms with Gasteiger partial charge < -0.3 is 0 Å². The van der Waals surface area contributed by atoms with Crippen LogP contribution in [0.15, 0.2) is 59.6 Å². The van der Waals surface area contributed by atoms with E-state index >= 15 is 0 Å². The molecule has 0 aliphatic heterocycles. The maximum atomic E-state index is 9.13. The van der Waals surface area contributed by atoms with Crippen molar-refractivity contribution < 1.29 is 0 Å². The highest BCUT2D eigenvalue weighted by Gasteiger charge is 2.01. The fourth-order valence-corrected chi connectivity index (χ4v) is 1.50. The first-order valence-electron chi connectivity index (χ1n) is 5.40. The molecule has 0 fully saturated rings. The van der Waals surface area contributed by atoms with Crippen LogP contribution in [0.25, 0.3) is 0 Å². The van der Waals surface area contributed by atoms with E-state index in [2.05, 4.69) is 11.1 Å². The van der Waals surface area contributed by atoms with Gasteiger partial charge in [-0.15, -0.1) is 0 Å². The maximum absolute atomic E-state index is 9.13. The number of para-hydroxylation sites is 1. The Morgan fingerprint density at radius 2 is 1.65 bits per heavy atom. The first-order chi connectivity index (χ1) is 8.29. The van der Waals surface area contributed by atoms with E-state index in [0.29, 0.717) is 5.71 Å². The van der Waals surface area contributed by atoms with Gasteiger partial charge in [0.05, 0.1) is 5.69 Å². The molecule has 2 aromatic carbocycles. The lowest BCUT2D eigenvalue weighted by Crippen LogP contribution is -1.96. The van der Waals surface area contributed by atoms with Gasteiger partial charge in [0.2, 0.25) is 0 Å². The Kier molecular flexibility index (Phi) is 3.32. The molecule has 82 valence electrons. The van der Waals surface area contributed by atoms with E-state index < -0.39 is 0 Å². The Balaban J connectivity index is 2.38. The topological polar surface area (TPSA) is 36.1 Å². The standard InChI is InChI=1S/C15H12N2/c1-12-7-9-13(10-8-12)15(11-16)17-14-5-3-2-4-6-14/h2-10H,1H3/b17-15+. The van der Waals surface area contributed by atoms with Crippen molar-refractivity contribution in [3.8, 4) is 6.07 Å². The van der Waals surface area contributed by atoms with Crippen molar-refractivity contribution in [3.63, 3.8) is 0 Å². The minimum Gasteiger partial charge on any atom is -0.237 e. The van der Waals surface area contributed by atoms with Gasteiger partial charge in [0.15, 0.2) is 0 Å². The van der Waals surface area contributed by atoms with Crippen LogP contribution >= 0.6 is 0 Å². The second kappa shape index (κ2) is 5.09. The van der Waals surface area contributed by atoms with Crippen LogP contribution < -0.4 is 0 Å². The van der Waals surface area contributed by atoms with E-state index in [1.165, 1.54) is 5.56 Å². The summed E-state index contributed by atoms with van der Waals surface area (Å²) in [5.41, 5.74) is 3.26. The summed E-state index contributed by atoms with van der Waals surface area (Å²) in [7, 11) is 0. The molecule has 0 heterocycles. The van der Waals surface area contributed by atoms with Gasteiger partial charge >= 0.3 is 0 Å². The van der Waals surface area contributed by atoms with E-state index in [1.54, 1.807) is 0 Å². The minimum atomic E-state index is 0.441. The quantitative estimate of drug-likeness (QED) is 0.712. The van der Waals surface area contributed by atoms with Gasteiger partial charge in [0.1, 0.15) is 11.8 Å². The van der Waals surface area contributed by atoms with Gasteiger partial charge in [0.25, 0.3) is 0 Å². The number of nitrogens with zero attached hydrogens (tertiary/aromatic N) is 2. The molecule has 0 saturated carbocycles. The number of aliphatic imine (C=N–C) groups is 1. The lowest BCUT2D eigenvalue weighted by molar-refractivity contribution is 1.44. The fourth-order valence-electron chi connectivity index (χ4n) is 1.50. The largest absolute Gasteiger partial charge is 0.237 e. The minimum absolute atomic E-state index is 0.441. The molecule has 0 bridgehead atoms. The first-order valence-corrected chi connectivity index (χ1v) is 5.40. The highest BCUT2D eigenvalue weighted by Crippen LogP contribution is 2.13. The third-order valence-corrected chi connectivity index (χ3v) is 2.43. The molecule has 0 unspecified atom stereocenters. The van der Waals surface area contributed by atoms with Crippen LogP contribution in [0.2, 0.25) is 0 Å². The van der Waals surface area contributed by atoms with Gasteiger partial charge in [0, 0.05) is 5.56 Å². The number of aryl methyl sites for hydroxylation is 1. The second-order valence-electron chi connectivity index (χ2n) is 3.77. The molecule has 17 heavy (non-hydrogen) atoms. The Labute approximate surface area is 101 Å². The summed E-state index contributed by atoms with van der Waals surface area (Å²) in [4.78, 5) is 4.33. The molecular weight excluding hydrogens is 208 g/mol. The summed E-state index contributed by atoms with van der Waals surface area (Å²) in [5.74, 6) is 0. The molecule has 0 aliphatic rings. The number of benzene rings is 2. The lowest BCUT2D eigenvalue weighted by atomic mass is 10.1. The molecular formula is C15H12N2. The molecule has 0 amide bonds. The molecule has 0 N–H and O–H groups in total. The molecule has 0 saturated heterocycles. The zero-order valence-corrected chi connectivity index (χ0v) is 9.59. The smallest absolute Gasteiger partial charge is 0.148 e. The molecule has 0 aromatic heterocycles. The third kappa shape index (κ3) is 2.79. The molecule has 0 aliphatic carbocycles. The normalized spacial score (nSPS) is 10.9. The fraction of sp³-hybridized carbons (Fsp3) is 0.0667. The molecule has 2 heteroatoms. The summed E-state index contributed by atoms with van der Waals surface area (Å²) >= 11 is 0. The highest BCUT2D eigenvalue weighted by atomic mass is 14.7. The van der Waals surface area contributed by atoms with Crippen molar-refractivity contribution in [3.05, 3.63) is 65.7 Å². The molecule has 0 radical (unpaired) electrons. The monoisotopic (exact) mass is 220 g/mol. The van der Waals surface area contributed by atoms with E-state index in [4.69, 9.17) is 5.26 Å². The molecule has 0 atom stereocenters. The predicted octanol–water partition coefficient (Wildman–Crippen LogP) is 3.64. The van der Waals surface area contributed by atoms with E-state index in [0.717, 1.165) is 11.3 Å². The van der Waals surface area contributed by atoms with Crippen molar-refractivity contribution in [2.75, 3.05) is 0 Å². The van der Waals surface area contributed by atoms with Crippen LogP contribution in [-0.2, 0) is 0 Å². The van der Waals surface area contributed by atoms with E-state index in [9.17, 15) is 0 Å². The SMILES string of the molecule is Cc1ccc(/C(C#N)=N/c2ccccc2)cc1. The highest BCUT2D eigenvalue weighted by molar-refractivity contribution is 6.12. The third-order valence-electron chi connectivity index (χ3n) is 2.43. The molecule has 0 spiro atoms. The number of nitriles is 1. The van der Waals surface area contributed by atoms with Crippen molar-refractivity contribution in [2.24, 2.45) is 4.99 Å². The van der Waals surface area contributed by atoms with Crippen LogP contribution in [0.1, 0.15) is 11.1 Å². The molecule has 2 aromatic rings. The zero-order chi connectivity index (χ0) is 12.1. The Morgan fingerprint density at radius 3 is 2.24 bits per heavy atom. The lowest BCUT2D eigenvalue weighted by Gasteiger charge is -1.99. The van der Waals surface area contributed by atoms with Crippen molar-refractivity contribution >= 4 is 11.4 Å². The number of rotatable bonds is 2. The molecule has 2 rings (SSSR count). The molecule has 2 nitrogen and oxygen atoms in total. The van der Waals surface area contributed by atoms with Crippen LogP contribution in [0.5, 0.6) is 0 Å². The summed E-state index contributed by atoms with van der Waals surface area (Å²) in [6, 6.07) is 19.4. The predicted molar refractivity (Wildman–Crippen MR) is 69.4 cm³/mol. The van der Waals surface area contributed by atoms with Gasteiger partial charge in [-0.3, -0.25) is 0 Å². The first kappa shape index (κ1) is 11.1. The van der Waals surface area contributed by atoms with E-state index in [1.807, 2.05) is 61.5 Å². The Morgan fingerprint density at radius 1 is 1.00 bits per heavy atom. The van der Waals surface area contributed by atoms with Crippen LogP contribution in [0.3, 0.4) is 0 Å². The van der Waals surface area contributed by atoms with E-state index in [-0.39, 0.29) is 0 Å². The van der Waals surface area contributed by atoms with Crippen LogP contribution in [-0.4, -0.2) is 5.71 Å². The summed E-state index contributed by atoms with van der Waals surface area (Å²) in [6.45, 7) is 2.02. The Hall–Kier alpha value is -2.40. The van der Waals surface area contributed by atoms with Gasteiger partial charge in [-0.2, -0.15) is 5.26 Å². The number of hydrogen-bond donors (Lipinski definition) is 0. The summed E-state index contributed by atoms with van der Waals surface area (Å²) in [6.07, 6.45) is 0. The van der Waals surface area contributed by atoms with Crippen molar-refractivity contribution in [1.29, 1.82) is 5.26 Å². The maximum Gasteiger partial charge on any atom is 0.148 e. The van der Waals surface area contributed by atoms with Crippen LogP contribution in [0.4, 0.5) is 5.69 Å². The zero-order valence-electron chi connectivity index (χ0n) is 9.59. The summed E-state index contributed by atoms with van der Waals surface area (Å²) in [5, 5.41) is 9.13. The van der Waals surface area contributed by atoms with Gasteiger partial charge in [-0.25, -0.2) is 4.99 Å². The average molecular weight is 220 g/mol. The van der Waals surface area contributed by atoms with Crippen LogP contribution in [0, 0.1) is 18.3 Å². The van der Waals surface area contributed by atoms with Gasteiger partial charge in [-0.1, -0.05) is 48.0 Å². The summed E-state index contributed by atoms with van der Waals surface area (Å²) < 4.78 is 0. The van der Waals surface area contributed by atoms with Gasteiger partial charge in [-0.05, 0) is 19.1 Å².